The fourth-order valence-electron chi connectivity index (χ4n) is 2.41. The quantitative estimate of drug-likeness (QED) is 0.709. The average molecular weight is 314 g/mol. The number of methoxy groups -OCH3 is 1. The van der Waals surface area contributed by atoms with Crippen LogP contribution in [0.4, 0.5) is 4.79 Å². The molecule has 0 radical (unpaired) electrons. The molecule has 1 aliphatic heterocycles. The van der Waals surface area contributed by atoms with Crippen LogP contribution in [0.5, 0.6) is 0 Å². The van der Waals surface area contributed by atoms with Crippen molar-refractivity contribution in [2.45, 2.75) is 51.8 Å². The first kappa shape index (κ1) is 18.4. The predicted octanol–water partition coefficient (Wildman–Crippen LogP) is 1.06. The Kier molecular flexibility index (Phi) is 6.34. The van der Waals surface area contributed by atoms with Crippen LogP contribution in [0.1, 0.15) is 34.1 Å². The Morgan fingerprint density at radius 3 is 2.55 bits per heavy atom. The third kappa shape index (κ3) is 4.69. The highest BCUT2D eigenvalue weighted by atomic mass is 16.6. The van der Waals surface area contributed by atoms with Gasteiger partial charge in [-0.25, -0.2) is 4.79 Å². The molecule has 1 heterocycles. The molecule has 7 heteroatoms. The molecule has 0 saturated carbocycles. The Bertz CT molecular complexity index is 419. The van der Waals surface area contributed by atoms with Crippen molar-refractivity contribution in [1.82, 2.24) is 9.80 Å². The largest absolute Gasteiger partial charge is 0.444 e. The molecule has 126 valence electrons. The number of aldehydes is 1. The highest BCUT2D eigenvalue weighted by Crippen LogP contribution is 2.19. The lowest BCUT2D eigenvalue weighted by molar-refractivity contribution is -0.145. The molecule has 0 aromatic rings. The van der Waals surface area contributed by atoms with Gasteiger partial charge in [0.2, 0.25) is 5.91 Å². The maximum atomic E-state index is 12.5. The second kappa shape index (κ2) is 7.58. The van der Waals surface area contributed by atoms with E-state index in [1.54, 1.807) is 32.6 Å². The Labute approximate surface area is 131 Å². The first-order valence-electron chi connectivity index (χ1n) is 7.44. The molecule has 7 nitrogen and oxygen atoms in total. The minimum Gasteiger partial charge on any atom is -0.444 e. The molecule has 22 heavy (non-hydrogen) atoms. The van der Waals surface area contributed by atoms with E-state index < -0.39 is 17.7 Å². The fourth-order valence-corrected chi connectivity index (χ4v) is 2.41. The number of ether oxygens (including phenoxy) is 2. The Hall–Kier alpha value is -1.63. The van der Waals surface area contributed by atoms with E-state index >= 15 is 0 Å². The Balaban J connectivity index is 2.77. The third-order valence-electron chi connectivity index (χ3n) is 3.49. The molecule has 1 rings (SSSR count). The molecule has 0 N–H and O–H groups in total. The topological polar surface area (TPSA) is 76.2 Å². The maximum Gasteiger partial charge on any atom is 0.411 e. The molecule has 0 spiro atoms. The zero-order chi connectivity index (χ0) is 16.9. The highest BCUT2D eigenvalue weighted by Gasteiger charge is 2.38. The van der Waals surface area contributed by atoms with Gasteiger partial charge in [0.05, 0.1) is 12.6 Å². The molecular weight excluding hydrogens is 288 g/mol. The maximum absolute atomic E-state index is 12.5. The molecule has 1 fully saturated rings. The van der Waals surface area contributed by atoms with E-state index in [-0.39, 0.29) is 18.4 Å². The van der Waals surface area contributed by atoms with Gasteiger partial charge in [0.1, 0.15) is 17.9 Å². The van der Waals surface area contributed by atoms with Crippen LogP contribution in [0.15, 0.2) is 0 Å². The van der Waals surface area contributed by atoms with Gasteiger partial charge in [-0.2, -0.15) is 0 Å². The molecular formula is C15H26N2O5. The van der Waals surface area contributed by atoms with Gasteiger partial charge in [-0.1, -0.05) is 0 Å². The standard InChI is InChI=1S/C15H26N2O5/c1-11-13(19)17(12(6-9-18)10-21-5)8-7-16(11)14(20)22-15(2,3)4/h9,11-12H,6-8,10H2,1-5H3/t11-,12+/m1/s1. The number of carbonyl (C=O) groups is 3. The SMILES string of the molecule is COC[C@H](CC=O)N1CCN(C(=O)OC(C)(C)C)[C@H](C)C1=O. The van der Waals surface area contributed by atoms with Crippen molar-refractivity contribution in [2.24, 2.45) is 0 Å². The summed E-state index contributed by atoms with van der Waals surface area (Å²) in [6.45, 7) is 8.06. The summed E-state index contributed by atoms with van der Waals surface area (Å²) in [5, 5.41) is 0. The number of hydrogen-bond donors (Lipinski definition) is 0. The van der Waals surface area contributed by atoms with Crippen LogP contribution in [0.2, 0.25) is 0 Å². The zero-order valence-electron chi connectivity index (χ0n) is 14.0. The number of nitrogens with zero attached hydrogens (tertiary/aromatic N) is 2. The second-order valence-corrected chi connectivity index (χ2v) is 6.39. The fraction of sp³-hybridized carbons (Fsp3) is 0.800. The van der Waals surface area contributed by atoms with Gasteiger partial charge in [-0.15, -0.1) is 0 Å². The summed E-state index contributed by atoms with van der Waals surface area (Å²) in [5.74, 6) is -0.194. The molecule has 1 saturated heterocycles. The molecule has 0 aromatic carbocycles. The van der Waals surface area contributed by atoms with Gasteiger partial charge in [0.15, 0.2) is 0 Å². The molecule has 0 bridgehead atoms. The molecule has 0 aliphatic carbocycles. The van der Waals surface area contributed by atoms with Crippen LogP contribution >= 0.6 is 0 Å². The van der Waals surface area contributed by atoms with E-state index in [9.17, 15) is 14.4 Å². The lowest BCUT2D eigenvalue weighted by Gasteiger charge is -2.42. The van der Waals surface area contributed by atoms with E-state index in [0.717, 1.165) is 6.29 Å². The smallest absolute Gasteiger partial charge is 0.411 e. The molecule has 0 aromatic heterocycles. The van der Waals surface area contributed by atoms with Crippen LogP contribution in [-0.2, 0) is 19.1 Å². The number of hydrogen-bond acceptors (Lipinski definition) is 5. The highest BCUT2D eigenvalue weighted by molar-refractivity contribution is 5.87. The minimum absolute atomic E-state index is 0.194. The third-order valence-corrected chi connectivity index (χ3v) is 3.49. The first-order valence-corrected chi connectivity index (χ1v) is 7.44. The number of carbonyl (C=O) groups excluding carboxylic acids is 3. The molecule has 2 amide bonds. The van der Waals surface area contributed by atoms with Gasteiger partial charge >= 0.3 is 6.09 Å². The van der Waals surface area contributed by atoms with E-state index in [2.05, 4.69) is 0 Å². The van der Waals surface area contributed by atoms with Crippen molar-refractivity contribution >= 4 is 18.3 Å². The number of amides is 2. The summed E-state index contributed by atoms with van der Waals surface area (Å²) in [4.78, 5) is 38.5. The Morgan fingerprint density at radius 2 is 2.05 bits per heavy atom. The lowest BCUT2D eigenvalue weighted by atomic mass is 10.1. The van der Waals surface area contributed by atoms with Crippen LogP contribution in [-0.4, -0.2) is 72.6 Å². The summed E-state index contributed by atoms with van der Waals surface area (Å²) in [5.41, 5.74) is -0.604. The summed E-state index contributed by atoms with van der Waals surface area (Å²) >= 11 is 0. The van der Waals surface area contributed by atoms with Gasteiger partial charge in [0.25, 0.3) is 0 Å². The summed E-state index contributed by atoms with van der Waals surface area (Å²) in [6, 6.07) is -0.909. The monoisotopic (exact) mass is 314 g/mol. The van der Waals surface area contributed by atoms with Crippen molar-refractivity contribution in [3.05, 3.63) is 0 Å². The van der Waals surface area contributed by atoms with E-state index in [1.165, 1.54) is 12.0 Å². The van der Waals surface area contributed by atoms with Crippen molar-refractivity contribution < 1.29 is 23.9 Å². The zero-order valence-corrected chi connectivity index (χ0v) is 14.0. The second-order valence-electron chi connectivity index (χ2n) is 6.39. The lowest BCUT2D eigenvalue weighted by Crippen LogP contribution is -2.61. The van der Waals surface area contributed by atoms with Gasteiger partial charge in [-0.3, -0.25) is 9.69 Å². The first-order chi connectivity index (χ1) is 10.2. The summed E-state index contributed by atoms with van der Waals surface area (Å²) < 4.78 is 10.4. The van der Waals surface area contributed by atoms with Crippen LogP contribution in [0.25, 0.3) is 0 Å². The number of rotatable bonds is 5. The minimum atomic E-state index is -0.616. The summed E-state index contributed by atoms with van der Waals surface area (Å²) in [6.07, 6.45) is 0.507. The number of piperazine rings is 1. The normalized spacial score (nSPS) is 20.8. The van der Waals surface area contributed by atoms with Crippen molar-refractivity contribution in [3.63, 3.8) is 0 Å². The van der Waals surface area contributed by atoms with Crippen LogP contribution in [0.3, 0.4) is 0 Å². The molecule has 2 atom stereocenters. The van der Waals surface area contributed by atoms with Crippen molar-refractivity contribution in [2.75, 3.05) is 26.8 Å². The van der Waals surface area contributed by atoms with E-state index in [4.69, 9.17) is 9.47 Å². The molecule has 1 aliphatic rings. The molecule has 0 unspecified atom stereocenters. The predicted molar refractivity (Wildman–Crippen MR) is 80.5 cm³/mol. The van der Waals surface area contributed by atoms with Gasteiger partial charge < -0.3 is 19.2 Å². The average Bonchev–Trinajstić information content (AvgIpc) is 2.39. The van der Waals surface area contributed by atoms with Gasteiger partial charge in [0, 0.05) is 26.6 Å². The van der Waals surface area contributed by atoms with Crippen molar-refractivity contribution in [1.29, 1.82) is 0 Å². The van der Waals surface area contributed by atoms with Crippen LogP contribution in [0, 0.1) is 0 Å². The van der Waals surface area contributed by atoms with E-state index in [0.29, 0.717) is 19.7 Å². The van der Waals surface area contributed by atoms with Gasteiger partial charge in [-0.05, 0) is 27.7 Å². The van der Waals surface area contributed by atoms with Crippen LogP contribution < -0.4 is 0 Å². The Morgan fingerprint density at radius 1 is 1.41 bits per heavy atom. The van der Waals surface area contributed by atoms with Crippen molar-refractivity contribution in [3.8, 4) is 0 Å². The van der Waals surface area contributed by atoms with E-state index in [1.807, 2.05) is 0 Å². The summed E-state index contributed by atoms with van der Waals surface area (Å²) in [7, 11) is 1.53.